The number of furan rings is 1. The maximum absolute atomic E-state index is 12.5. The number of nitrogens with zero attached hydrogens (tertiary/aromatic N) is 1. The third-order valence-electron chi connectivity index (χ3n) is 4.25. The standard InChI is InChI=1S/C22H17Br2Cl2N3O5/c1-3-33-22(31)17-18(26)16(34-21(17)28-13-6-4-5-12(25)9-13)10-27-29-20(30)11-7-14(23)19(32-2)15(24)8-11/h4-10,28H,3H2,1-2H3,(H,29,30)/b27-10-. The fraction of sp³-hybridized carbons (Fsp3) is 0.136. The van der Waals surface area contributed by atoms with Gasteiger partial charge in [-0.25, -0.2) is 10.2 Å². The number of esters is 1. The van der Waals surface area contributed by atoms with E-state index in [2.05, 4.69) is 47.7 Å². The molecular formula is C22H17Br2Cl2N3O5. The first-order chi connectivity index (χ1) is 16.2. The molecule has 2 aromatic carbocycles. The molecule has 178 valence electrons. The van der Waals surface area contributed by atoms with Crippen LogP contribution in [-0.2, 0) is 4.74 Å². The van der Waals surface area contributed by atoms with Gasteiger partial charge in [0, 0.05) is 16.3 Å². The third kappa shape index (κ3) is 6.12. The van der Waals surface area contributed by atoms with Crippen molar-refractivity contribution in [3.8, 4) is 5.75 Å². The van der Waals surface area contributed by atoms with E-state index in [0.29, 0.717) is 31.0 Å². The number of hydrogen-bond acceptors (Lipinski definition) is 7. The molecular weight excluding hydrogens is 617 g/mol. The average Bonchev–Trinajstić information content (AvgIpc) is 3.08. The minimum atomic E-state index is -0.683. The molecule has 0 spiro atoms. The minimum absolute atomic E-state index is 0.0146. The van der Waals surface area contributed by atoms with Crippen LogP contribution in [-0.4, -0.2) is 31.8 Å². The third-order valence-corrected chi connectivity index (χ3v) is 6.04. The van der Waals surface area contributed by atoms with Gasteiger partial charge >= 0.3 is 5.97 Å². The van der Waals surface area contributed by atoms with Crippen LogP contribution >= 0.6 is 55.1 Å². The number of nitrogens with one attached hydrogen (secondary N) is 2. The van der Waals surface area contributed by atoms with Crippen molar-refractivity contribution in [2.75, 3.05) is 19.0 Å². The largest absolute Gasteiger partial charge is 0.494 e. The number of amides is 1. The van der Waals surface area contributed by atoms with E-state index in [4.69, 9.17) is 37.1 Å². The zero-order valence-corrected chi connectivity index (χ0v) is 22.4. The molecule has 0 atom stereocenters. The Kier molecular flexibility index (Phi) is 9.01. The Balaban J connectivity index is 1.85. The number of carbonyl (C=O) groups excluding carboxylic acids is 2. The lowest BCUT2D eigenvalue weighted by atomic mass is 10.2. The Bertz CT molecular complexity index is 1240. The van der Waals surface area contributed by atoms with Gasteiger partial charge < -0.3 is 19.2 Å². The Labute approximate surface area is 221 Å². The molecule has 12 heteroatoms. The van der Waals surface area contributed by atoms with Crippen LogP contribution in [0, 0.1) is 0 Å². The number of halogens is 4. The molecule has 1 aromatic heterocycles. The first-order valence-electron chi connectivity index (χ1n) is 9.63. The van der Waals surface area contributed by atoms with Crippen molar-refractivity contribution >= 4 is 84.7 Å². The smallest absolute Gasteiger partial charge is 0.345 e. The van der Waals surface area contributed by atoms with Crippen molar-refractivity contribution in [3.05, 3.63) is 72.3 Å². The fourth-order valence-electron chi connectivity index (χ4n) is 2.78. The average molecular weight is 634 g/mol. The van der Waals surface area contributed by atoms with E-state index in [0.717, 1.165) is 0 Å². The molecule has 3 rings (SSSR count). The lowest BCUT2D eigenvalue weighted by Crippen LogP contribution is -2.17. The lowest BCUT2D eigenvalue weighted by Gasteiger charge is -2.08. The number of methoxy groups -OCH3 is 1. The monoisotopic (exact) mass is 631 g/mol. The van der Waals surface area contributed by atoms with Crippen LogP contribution in [0.25, 0.3) is 0 Å². The molecule has 0 aliphatic carbocycles. The summed E-state index contributed by atoms with van der Waals surface area (Å²) in [4.78, 5) is 25.0. The minimum Gasteiger partial charge on any atom is -0.494 e. The van der Waals surface area contributed by atoms with Gasteiger partial charge in [0.25, 0.3) is 5.91 Å². The molecule has 3 aromatic rings. The summed E-state index contributed by atoms with van der Waals surface area (Å²) >= 11 is 19.1. The highest BCUT2D eigenvalue weighted by Crippen LogP contribution is 2.35. The molecule has 0 bridgehead atoms. The molecule has 1 amide bonds. The van der Waals surface area contributed by atoms with E-state index < -0.39 is 11.9 Å². The number of ether oxygens (including phenoxy) is 2. The predicted molar refractivity (Wildman–Crippen MR) is 138 cm³/mol. The van der Waals surface area contributed by atoms with Crippen molar-refractivity contribution in [3.63, 3.8) is 0 Å². The van der Waals surface area contributed by atoms with Crippen LogP contribution in [0.15, 0.2) is 54.9 Å². The summed E-state index contributed by atoms with van der Waals surface area (Å²) in [7, 11) is 1.52. The molecule has 8 nitrogen and oxygen atoms in total. The van der Waals surface area contributed by atoms with Gasteiger partial charge in [-0.3, -0.25) is 4.79 Å². The van der Waals surface area contributed by atoms with E-state index in [1.807, 2.05) is 0 Å². The maximum Gasteiger partial charge on any atom is 0.345 e. The van der Waals surface area contributed by atoms with E-state index in [9.17, 15) is 9.59 Å². The number of anilines is 2. The number of carbonyl (C=O) groups is 2. The summed E-state index contributed by atoms with van der Waals surface area (Å²) in [5.74, 6) is -0.551. The molecule has 1 heterocycles. The van der Waals surface area contributed by atoms with Crippen LogP contribution in [0.1, 0.15) is 33.4 Å². The number of benzene rings is 2. The van der Waals surface area contributed by atoms with E-state index in [1.54, 1.807) is 43.3 Å². The highest BCUT2D eigenvalue weighted by Gasteiger charge is 2.25. The van der Waals surface area contributed by atoms with E-state index >= 15 is 0 Å². The maximum atomic E-state index is 12.5. The summed E-state index contributed by atoms with van der Waals surface area (Å²) in [5.41, 5.74) is 3.25. The van der Waals surface area contributed by atoms with Crippen molar-refractivity contribution in [1.29, 1.82) is 0 Å². The summed E-state index contributed by atoms with van der Waals surface area (Å²) in [6.07, 6.45) is 1.18. The van der Waals surface area contributed by atoms with Gasteiger partial charge in [0.05, 0.1) is 28.9 Å². The van der Waals surface area contributed by atoms with Crippen LogP contribution in [0.2, 0.25) is 10.0 Å². The Hall–Kier alpha value is -2.53. The van der Waals surface area contributed by atoms with Crippen LogP contribution in [0.5, 0.6) is 5.75 Å². The molecule has 2 N–H and O–H groups in total. The van der Waals surface area contributed by atoms with Gasteiger partial charge in [-0.1, -0.05) is 29.3 Å². The van der Waals surface area contributed by atoms with Crippen molar-refractivity contribution in [1.82, 2.24) is 5.43 Å². The van der Waals surface area contributed by atoms with Crippen molar-refractivity contribution < 1.29 is 23.5 Å². The van der Waals surface area contributed by atoms with Gasteiger partial charge in [0.2, 0.25) is 5.88 Å². The Morgan fingerprint density at radius 1 is 1.18 bits per heavy atom. The van der Waals surface area contributed by atoms with E-state index in [-0.39, 0.29) is 28.8 Å². The van der Waals surface area contributed by atoms with Crippen molar-refractivity contribution in [2.24, 2.45) is 5.10 Å². The van der Waals surface area contributed by atoms with Gasteiger partial charge in [0.15, 0.2) is 5.76 Å². The van der Waals surface area contributed by atoms with E-state index in [1.165, 1.54) is 13.3 Å². The SMILES string of the molecule is CCOC(=O)c1c(Nc2cccc(Cl)c2)oc(/C=N\NC(=O)c2cc(Br)c(OC)c(Br)c2)c1Cl. The van der Waals surface area contributed by atoms with Gasteiger partial charge in [0.1, 0.15) is 16.3 Å². The highest BCUT2D eigenvalue weighted by molar-refractivity contribution is 9.11. The number of rotatable bonds is 8. The summed E-state index contributed by atoms with van der Waals surface area (Å²) in [5, 5.41) is 7.31. The fourth-order valence-corrected chi connectivity index (χ4v) is 4.73. The van der Waals surface area contributed by atoms with Crippen molar-refractivity contribution in [2.45, 2.75) is 6.92 Å². The lowest BCUT2D eigenvalue weighted by molar-refractivity contribution is 0.0527. The molecule has 0 saturated heterocycles. The van der Waals surface area contributed by atoms with Gasteiger partial charge in [-0.05, 0) is 69.1 Å². The second-order valence-electron chi connectivity index (χ2n) is 6.51. The predicted octanol–water partition coefficient (Wildman–Crippen LogP) is 6.80. The van der Waals surface area contributed by atoms with Crippen LogP contribution in [0.3, 0.4) is 0 Å². The normalized spacial score (nSPS) is 10.9. The second kappa shape index (κ2) is 11.7. The first kappa shape index (κ1) is 26.1. The molecule has 34 heavy (non-hydrogen) atoms. The first-order valence-corrected chi connectivity index (χ1v) is 12.0. The number of hydrogen-bond donors (Lipinski definition) is 2. The molecule has 0 aliphatic rings. The van der Waals surface area contributed by atoms with Gasteiger partial charge in [-0.15, -0.1) is 0 Å². The zero-order chi connectivity index (χ0) is 24.8. The molecule has 0 saturated carbocycles. The molecule has 0 radical (unpaired) electrons. The molecule has 0 unspecified atom stereocenters. The Morgan fingerprint density at radius 3 is 2.50 bits per heavy atom. The topological polar surface area (TPSA) is 102 Å². The summed E-state index contributed by atoms with van der Waals surface area (Å²) in [6, 6.07) is 9.98. The van der Waals surface area contributed by atoms with Gasteiger partial charge in [-0.2, -0.15) is 5.10 Å². The second-order valence-corrected chi connectivity index (χ2v) is 9.04. The molecule has 0 aliphatic heterocycles. The van der Waals surface area contributed by atoms with Crippen LogP contribution < -0.4 is 15.5 Å². The quantitative estimate of drug-likeness (QED) is 0.161. The highest BCUT2D eigenvalue weighted by atomic mass is 79.9. The van der Waals surface area contributed by atoms with Crippen LogP contribution in [0.4, 0.5) is 11.6 Å². The Morgan fingerprint density at radius 2 is 1.88 bits per heavy atom. The summed E-state index contributed by atoms with van der Waals surface area (Å²) in [6.45, 7) is 1.81. The molecule has 0 fully saturated rings. The zero-order valence-electron chi connectivity index (χ0n) is 17.7. The number of hydrazone groups is 1. The summed E-state index contributed by atoms with van der Waals surface area (Å²) < 4.78 is 17.2.